The summed E-state index contributed by atoms with van der Waals surface area (Å²) in [6.45, 7) is 10.6. The van der Waals surface area contributed by atoms with E-state index in [4.69, 9.17) is 28.8 Å². The number of hydrogen-bond donors (Lipinski definition) is 2. The largest absolute Gasteiger partial charge is 0.493 e. The van der Waals surface area contributed by atoms with Gasteiger partial charge in [-0.25, -0.2) is 9.78 Å². The van der Waals surface area contributed by atoms with E-state index in [1.807, 2.05) is 13.8 Å². The van der Waals surface area contributed by atoms with Gasteiger partial charge in [0.25, 0.3) is 5.91 Å². The molecule has 3 atom stereocenters. The molecule has 1 aliphatic carbocycles. The van der Waals surface area contributed by atoms with Crippen LogP contribution in [0.2, 0.25) is 0 Å². The number of nitrogens with one attached hydrogen (secondary N) is 1. The van der Waals surface area contributed by atoms with Crippen LogP contribution in [-0.2, 0) is 23.8 Å². The maximum Gasteiger partial charge on any atom is 0.328 e. The third-order valence-corrected chi connectivity index (χ3v) is 6.16. The van der Waals surface area contributed by atoms with Crippen molar-refractivity contribution in [2.24, 2.45) is 5.92 Å². The van der Waals surface area contributed by atoms with Crippen molar-refractivity contribution in [1.29, 1.82) is 0 Å². The number of aliphatic hydroxyl groups excluding tert-OH is 1. The van der Waals surface area contributed by atoms with Crippen LogP contribution in [0, 0.1) is 5.92 Å². The maximum absolute atomic E-state index is 12.9. The van der Waals surface area contributed by atoms with Crippen LogP contribution in [-0.4, -0.2) is 72.8 Å². The van der Waals surface area contributed by atoms with Crippen molar-refractivity contribution in [3.8, 4) is 11.5 Å². The highest BCUT2D eigenvalue weighted by atomic mass is 16.7. The predicted octanol–water partition coefficient (Wildman–Crippen LogP) is 4.19. The lowest BCUT2D eigenvalue weighted by Gasteiger charge is -2.25. The zero-order valence-corrected chi connectivity index (χ0v) is 25.1. The van der Waals surface area contributed by atoms with Crippen molar-refractivity contribution < 1.29 is 43.2 Å². The number of rotatable bonds is 15. The van der Waals surface area contributed by atoms with Crippen molar-refractivity contribution in [2.45, 2.75) is 111 Å². The molecule has 0 spiro atoms. The fourth-order valence-electron chi connectivity index (χ4n) is 3.86. The molecule has 1 heterocycles. The van der Waals surface area contributed by atoms with Gasteiger partial charge < -0.3 is 34.1 Å². The van der Waals surface area contributed by atoms with Crippen LogP contribution in [0.25, 0.3) is 0 Å². The molecule has 1 aromatic heterocycles. The number of hydrogen-bond acceptors (Lipinski definition) is 10. The summed E-state index contributed by atoms with van der Waals surface area (Å²) >= 11 is 0. The van der Waals surface area contributed by atoms with Gasteiger partial charge >= 0.3 is 11.9 Å². The van der Waals surface area contributed by atoms with E-state index in [-0.39, 0.29) is 41.4 Å². The van der Waals surface area contributed by atoms with Crippen LogP contribution in [0.1, 0.15) is 97.0 Å². The van der Waals surface area contributed by atoms with Crippen molar-refractivity contribution in [1.82, 2.24) is 10.3 Å². The van der Waals surface area contributed by atoms with Crippen LogP contribution in [0.15, 0.2) is 12.3 Å². The standard InChI is InChI=1S/C26H40N2O8.C3H8O/c1-7-19(36-20-10-8-9-11-20)14-17(4)35-26(31)18(5)28-24(29)22-23(21(32-6)12-13-27-22)33-15-34-25(30)16(2)3;1-2-3-4/h12-13,16-20H,7-11,14-15H2,1-6H3,(H,28,29);4H,2-3H2,1H3/t17?,18-,19?;/m0./s1. The molecule has 0 aliphatic heterocycles. The number of methoxy groups -OCH3 is 1. The molecule has 228 valence electrons. The minimum Gasteiger partial charge on any atom is -0.493 e. The summed E-state index contributed by atoms with van der Waals surface area (Å²) in [7, 11) is 1.41. The first-order chi connectivity index (χ1) is 19.1. The van der Waals surface area contributed by atoms with Gasteiger partial charge in [-0.15, -0.1) is 0 Å². The highest BCUT2D eigenvalue weighted by molar-refractivity contribution is 5.98. The van der Waals surface area contributed by atoms with Crippen molar-refractivity contribution in [3.05, 3.63) is 18.0 Å². The summed E-state index contributed by atoms with van der Waals surface area (Å²) in [6.07, 6.45) is 8.17. The van der Waals surface area contributed by atoms with Gasteiger partial charge in [0, 0.05) is 25.3 Å². The van der Waals surface area contributed by atoms with Crippen LogP contribution < -0.4 is 14.8 Å². The van der Waals surface area contributed by atoms with E-state index in [0.29, 0.717) is 13.0 Å². The van der Waals surface area contributed by atoms with Gasteiger partial charge in [-0.2, -0.15) is 0 Å². The number of amides is 1. The van der Waals surface area contributed by atoms with E-state index < -0.39 is 30.7 Å². The fraction of sp³-hybridized carbons (Fsp3) is 0.724. The predicted molar refractivity (Wildman–Crippen MR) is 149 cm³/mol. The molecule has 40 heavy (non-hydrogen) atoms. The SMILES string of the molecule is CCC(CC(C)OC(=O)[C@H](C)NC(=O)c1nccc(OC)c1OCOC(=O)C(C)C)OC1CCCC1.CCCO. The van der Waals surface area contributed by atoms with Crippen molar-refractivity contribution >= 4 is 17.8 Å². The minimum absolute atomic E-state index is 0.00200. The highest BCUT2D eigenvalue weighted by Gasteiger charge is 2.27. The molecule has 11 heteroatoms. The summed E-state index contributed by atoms with van der Waals surface area (Å²) in [5, 5.41) is 10.5. The van der Waals surface area contributed by atoms with E-state index in [1.165, 1.54) is 39.1 Å². The summed E-state index contributed by atoms with van der Waals surface area (Å²) in [5.74, 6) is -1.78. The van der Waals surface area contributed by atoms with Gasteiger partial charge in [-0.05, 0) is 39.5 Å². The lowest BCUT2D eigenvalue weighted by Crippen LogP contribution is -2.41. The molecule has 1 fully saturated rings. The third kappa shape index (κ3) is 12.5. The van der Waals surface area contributed by atoms with Crippen molar-refractivity contribution in [3.63, 3.8) is 0 Å². The van der Waals surface area contributed by atoms with E-state index >= 15 is 0 Å². The first-order valence-corrected chi connectivity index (χ1v) is 14.2. The molecule has 0 radical (unpaired) electrons. The Hall–Kier alpha value is -2.92. The molecular formula is C29H48N2O9. The van der Waals surface area contributed by atoms with Gasteiger partial charge in [0.1, 0.15) is 12.1 Å². The number of carbonyl (C=O) groups excluding carboxylic acids is 3. The zero-order valence-electron chi connectivity index (χ0n) is 25.1. The van der Waals surface area contributed by atoms with Crippen molar-refractivity contribution in [2.75, 3.05) is 20.5 Å². The van der Waals surface area contributed by atoms with Crippen LogP contribution in [0.5, 0.6) is 11.5 Å². The Morgan fingerprint density at radius 2 is 1.75 bits per heavy atom. The normalized spacial score (nSPS) is 15.3. The summed E-state index contributed by atoms with van der Waals surface area (Å²) in [4.78, 5) is 41.3. The Balaban J connectivity index is 0.00000187. The van der Waals surface area contributed by atoms with E-state index in [0.717, 1.165) is 25.7 Å². The molecule has 11 nitrogen and oxygen atoms in total. The Morgan fingerprint density at radius 1 is 1.10 bits per heavy atom. The molecule has 1 amide bonds. The van der Waals surface area contributed by atoms with E-state index in [1.54, 1.807) is 13.8 Å². The average Bonchev–Trinajstić information content (AvgIpc) is 3.45. The molecule has 2 unspecified atom stereocenters. The van der Waals surface area contributed by atoms with Crippen LogP contribution >= 0.6 is 0 Å². The molecule has 1 aromatic rings. The molecule has 0 aromatic carbocycles. The smallest absolute Gasteiger partial charge is 0.328 e. The molecule has 0 bridgehead atoms. The van der Waals surface area contributed by atoms with E-state index in [2.05, 4.69) is 17.2 Å². The second-order valence-electron chi connectivity index (χ2n) is 10.0. The van der Waals surface area contributed by atoms with Crippen LogP contribution in [0.4, 0.5) is 0 Å². The minimum atomic E-state index is -0.935. The number of aliphatic hydroxyl groups is 1. The Labute approximate surface area is 238 Å². The van der Waals surface area contributed by atoms with Crippen LogP contribution in [0.3, 0.4) is 0 Å². The second-order valence-corrected chi connectivity index (χ2v) is 10.0. The van der Waals surface area contributed by atoms with Gasteiger partial charge in [-0.1, -0.05) is 40.5 Å². The monoisotopic (exact) mass is 568 g/mol. The first kappa shape index (κ1) is 35.1. The number of carbonyl (C=O) groups is 3. The Morgan fingerprint density at radius 3 is 2.30 bits per heavy atom. The molecule has 1 aliphatic rings. The number of ether oxygens (including phenoxy) is 5. The summed E-state index contributed by atoms with van der Waals surface area (Å²) < 4.78 is 27.5. The number of nitrogens with zero attached hydrogens (tertiary/aromatic N) is 1. The van der Waals surface area contributed by atoms with Gasteiger partial charge in [0.2, 0.25) is 6.79 Å². The molecule has 0 saturated heterocycles. The molecule has 2 N–H and O–H groups in total. The summed E-state index contributed by atoms with van der Waals surface area (Å²) in [5.41, 5.74) is -0.112. The summed E-state index contributed by atoms with van der Waals surface area (Å²) in [6, 6.07) is 0.573. The topological polar surface area (TPSA) is 143 Å². The van der Waals surface area contributed by atoms with Gasteiger partial charge in [0.15, 0.2) is 17.2 Å². The lowest BCUT2D eigenvalue weighted by molar-refractivity contribution is -0.154. The molecule has 1 saturated carbocycles. The maximum atomic E-state index is 12.9. The number of esters is 2. The van der Waals surface area contributed by atoms with Gasteiger partial charge in [-0.3, -0.25) is 9.59 Å². The number of aromatic nitrogens is 1. The zero-order chi connectivity index (χ0) is 30.1. The second kappa shape index (κ2) is 19.2. The average molecular weight is 569 g/mol. The Kier molecular flexibility index (Phi) is 16.9. The third-order valence-electron chi connectivity index (χ3n) is 6.16. The van der Waals surface area contributed by atoms with E-state index in [9.17, 15) is 14.4 Å². The fourth-order valence-corrected chi connectivity index (χ4v) is 3.86. The lowest BCUT2D eigenvalue weighted by atomic mass is 10.1. The molecule has 2 rings (SSSR count). The first-order valence-electron chi connectivity index (χ1n) is 14.2. The number of pyridine rings is 1. The highest BCUT2D eigenvalue weighted by Crippen LogP contribution is 2.30. The quantitative estimate of drug-likeness (QED) is 0.233. The molecular weight excluding hydrogens is 520 g/mol. The van der Waals surface area contributed by atoms with Gasteiger partial charge in [0.05, 0.1) is 25.2 Å². The Bertz CT molecular complexity index is 901.